The lowest BCUT2D eigenvalue weighted by Gasteiger charge is -2.21. The van der Waals surface area contributed by atoms with Crippen molar-refractivity contribution in [2.45, 2.75) is 6.04 Å². The molecule has 1 atom stereocenters. The number of rotatable bonds is 1. The Bertz CT molecular complexity index is 503. The van der Waals surface area contributed by atoms with E-state index in [4.69, 9.17) is 10.8 Å². The van der Waals surface area contributed by atoms with Crippen LogP contribution < -0.4 is 11.1 Å². The van der Waals surface area contributed by atoms with Crippen LogP contribution in [-0.2, 0) is 14.4 Å². The smallest absolute Gasteiger partial charge is 0.360 e. The fourth-order valence-corrected chi connectivity index (χ4v) is 1.22. The Hall–Kier alpha value is -2.58. The first-order chi connectivity index (χ1) is 7.49. The van der Waals surface area contributed by atoms with Gasteiger partial charge in [0.25, 0.3) is 11.8 Å². The van der Waals surface area contributed by atoms with Gasteiger partial charge < -0.3 is 16.2 Å². The Morgan fingerprint density at radius 1 is 1.31 bits per heavy atom. The molecule has 0 bridgehead atoms. The highest BCUT2D eigenvalue weighted by atomic mass is 16.4. The summed E-state index contributed by atoms with van der Waals surface area (Å²) in [4.78, 5) is 43.4. The van der Waals surface area contributed by atoms with Crippen molar-refractivity contribution >= 4 is 35.3 Å². The molecule has 9 heteroatoms. The van der Waals surface area contributed by atoms with E-state index in [1.165, 1.54) is 0 Å². The molecule has 0 aromatic heterocycles. The van der Waals surface area contributed by atoms with E-state index in [1.54, 1.807) is 0 Å². The van der Waals surface area contributed by atoms with Crippen LogP contribution in [0.3, 0.4) is 0 Å². The number of hydrogen-bond donors (Lipinski definition) is 3. The molecule has 9 nitrogen and oxygen atoms in total. The summed E-state index contributed by atoms with van der Waals surface area (Å²) in [5, 5.41) is 10.8. The van der Waals surface area contributed by atoms with Gasteiger partial charge in [-0.05, 0) is 0 Å². The predicted octanol–water partition coefficient (Wildman–Crippen LogP) is -2.74. The second kappa shape index (κ2) is 3.22. The molecular formula is C7H5N5O4. The first-order valence-electron chi connectivity index (χ1n) is 4.08. The Labute approximate surface area is 87.8 Å². The van der Waals surface area contributed by atoms with Crippen molar-refractivity contribution in [3.8, 4) is 0 Å². The van der Waals surface area contributed by atoms with Gasteiger partial charge in [-0.25, -0.2) is 9.79 Å². The number of nitrogens with two attached hydrogens (primary N) is 1. The number of fused-ring (bicyclic) bond motifs is 1. The van der Waals surface area contributed by atoms with Crippen molar-refractivity contribution in [2.75, 3.05) is 0 Å². The van der Waals surface area contributed by atoms with Crippen LogP contribution in [0.4, 0.5) is 0 Å². The van der Waals surface area contributed by atoms with Gasteiger partial charge in [0.2, 0.25) is 11.7 Å². The third kappa shape index (κ3) is 1.43. The van der Waals surface area contributed by atoms with Crippen LogP contribution in [0.2, 0.25) is 0 Å². The molecule has 2 heterocycles. The van der Waals surface area contributed by atoms with Crippen molar-refractivity contribution in [3.05, 3.63) is 0 Å². The van der Waals surface area contributed by atoms with Crippen molar-refractivity contribution in [3.63, 3.8) is 0 Å². The normalized spacial score (nSPS) is 23.8. The van der Waals surface area contributed by atoms with Crippen LogP contribution in [0.1, 0.15) is 0 Å². The molecule has 0 saturated heterocycles. The number of aliphatic imine (C=N–C) groups is 3. The summed E-state index contributed by atoms with van der Waals surface area (Å²) in [6, 6.07) is -1.15. The molecule has 0 fully saturated rings. The zero-order valence-electron chi connectivity index (χ0n) is 7.67. The van der Waals surface area contributed by atoms with Gasteiger partial charge in [0, 0.05) is 0 Å². The summed E-state index contributed by atoms with van der Waals surface area (Å²) < 4.78 is 0. The molecule has 1 unspecified atom stereocenters. The Morgan fingerprint density at radius 3 is 2.62 bits per heavy atom. The summed E-state index contributed by atoms with van der Waals surface area (Å²) in [7, 11) is 0. The molecule has 2 amide bonds. The maximum Gasteiger partial charge on any atom is 0.360 e. The number of amides is 2. The van der Waals surface area contributed by atoms with E-state index in [0.717, 1.165) is 0 Å². The second-order valence-electron chi connectivity index (χ2n) is 2.95. The minimum Gasteiger partial charge on any atom is -0.476 e. The van der Waals surface area contributed by atoms with E-state index < -0.39 is 29.5 Å². The van der Waals surface area contributed by atoms with Crippen molar-refractivity contribution < 1.29 is 19.5 Å². The van der Waals surface area contributed by atoms with E-state index in [2.05, 4.69) is 20.3 Å². The van der Waals surface area contributed by atoms with E-state index in [0.29, 0.717) is 0 Å². The predicted molar refractivity (Wildman–Crippen MR) is 51.1 cm³/mol. The monoisotopic (exact) mass is 223 g/mol. The standard InChI is InChI=1S/C7H5N5O4/c8-7-11-3-1(4(13)12-7)10-5(14)2(9-3)6(15)16/h1H,(H,10,14)(H,15,16)(H2,8,12,13). The third-order valence-electron chi connectivity index (χ3n) is 1.88. The molecular weight excluding hydrogens is 218 g/mol. The minimum absolute atomic E-state index is 0.172. The van der Waals surface area contributed by atoms with Gasteiger partial charge in [-0.1, -0.05) is 0 Å². The van der Waals surface area contributed by atoms with Crippen LogP contribution in [0.15, 0.2) is 15.0 Å². The van der Waals surface area contributed by atoms with Gasteiger partial charge >= 0.3 is 5.97 Å². The second-order valence-corrected chi connectivity index (χ2v) is 2.95. The Balaban J connectivity index is 2.49. The van der Waals surface area contributed by atoms with Crippen molar-refractivity contribution in [2.24, 2.45) is 20.7 Å². The average molecular weight is 223 g/mol. The minimum atomic E-state index is -1.51. The SMILES string of the molecule is NC1=NC(=O)C2NC(=O)C(C(=O)O)=NC2=N1. The number of carbonyl (C=O) groups is 3. The molecule has 0 spiro atoms. The number of carbonyl (C=O) groups excluding carboxylic acids is 2. The fourth-order valence-electron chi connectivity index (χ4n) is 1.22. The highest BCUT2D eigenvalue weighted by Crippen LogP contribution is 2.07. The third-order valence-corrected chi connectivity index (χ3v) is 1.88. The number of aliphatic carboxylic acids is 1. The molecule has 0 aromatic carbocycles. The maximum atomic E-state index is 11.3. The molecule has 0 radical (unpaired) electrons. The molecule has 0 aliphatic carbocycles. The lowest BCUT2D eigenvalue weighted by molar-refractivity contribution is -0.131. The molecule has 2 aliphatic rings. The van der Waals surface area contributed by atoms with Crippen LogP contribution in [-0.4, -0.2) is 46.4 Å². The molecule has 2 rings (SSSR count). The van der Waals surface area contributed by atoms with Gasteiger partial charge in [-0.15, -0.1) is 0 Å². The molecule has 0 saturated carbocycles. The Morgan fingerprint density at radius 2 is 2.00 bits per heavy atom. The van der Waals surface area contributed by atoms with Crippen LogP contribution in [0.25, 0.3) is 0 Å². The van der Waals surface area contributed by atoms with Gasteiger partial charge in [-0.3, -0.25) is 9.59 Å². The van der Waals surface area contributed by atoms with E-state index in [1.807, 2.05) is 0 Å². The first kappa shape index (κ1) is 9.96. The summed E-state index contributed by atoms with van der Waals surface area (Å²) in [5.41, 5.74) is 4.46. The number of hydrogen-bond acceptors (Lipinski definition) is 6. The zero-order valence-corrected chi connectivity index (χ0v) is 7.67. The Kier molecular flexibility index (Phi) is 2.01. The summed E-state index contributed by atoms with van der Waals surface area (Å²) in [5.74, 6) is -3.69. The van der Waals surface area contributed by atoms with E-state index >= 15 is 0 Å². The molecule has 4 N–H and O–H groups in total. The first-order valence-corrected chi connectivity index (χ1v) is 4.08. The van der Waals surface area contributed by atoms with Crippen LogP contribution in [0.5, 0.6) is 0 Å². The number of carboxylic acids is 1. The van der Waals surface area contributed by atoms with Crippen LogP contribution >= 0.6 is 0 Å². The highest BCUT2D eigenvalue weighted by Gasteiger charge is 2.37. The molecule has 0 aromatic rings. The van der Waals surface area contributed by atoms with E-state index in [9.17, 15) is 14.4 Å². The number of nitrogens with one attached hydrogen (secondary N) is 1. The number of guanidine groups is 1. The van der Waals surface area contributed by atoms with Crippen LogP contribution in [0, 0.1) is 0 Å². The topological polar surface area (TPSA) is 147 Å². The highest BCUT2D eigenvalue weighted by molar-refractivity contribution is 6.65. The average Bonchev–Trinajstić information content (AvgIpc) is 2.18. The number of carboxylic acid groups (broad SMARTS) is 1. The van der Waals surface area contributed by atoms with Gasteiger partial charge in [0.1, 0.15) is 0 Å². The van der Waals surface area contributed by atoms with Crippen molar-refractivity contribution in [1.82, 2.24) is 5.32 Å². The lowest BCUT2D eigenvalue weighted by atomic mass is 10.1. The maximum absolute atomic E-state index is 11.3. The quantitative estimate of drug-likeness (QED) is 0.441. The van der Waals surface area contributed by atoms with Crippen molar-refractivity contribution in [1.29, 1.82) is 0 Å². The molecule has 16 heavy (non-hydrogen) atoms. The lowest BCUT2D eigenvalue weighted by Crippen LogP contribution is -2.55. The summed E-state index contributed by atoms with van der Waals surface area (Å²) in [6.45, 7) is 0. The summed E-state index contributed by atoms with van der Waals surface area (Å²) in [6.07, 6.45) is 0. The number of nitrogens with zero attached hydrogens (tertiary/aromatic N) is 3. The fraction of sp³-hybridized carbons (Fsp3) is 0.143. The van der Waals surface area contributed by atoms with Gasteiger partial charge in [0.15, 0.2) is 11.9 Å². The molecule has 82 valence electrons. The van der Waals surface area contributed by atoms with E-state index in [-0.39, 0.29) is 11.8 Å². The number of amidine groups is 1. The van der Waals surface area contributed by atoms with Gasteiger partial charge in [0.05, 0.1) is 0 Å². The summed E-state index contributed by atoms with van der Waals surface area (Å²) >= 11 is 0. The zero-order chi connectivity index (χ0) is 11.9. The van der Waals surface area contributed by atoms with Gasteiger partial charge in [-0.2, -0.15) is 9.98 Å². The largest absolute Gasteiger partial charge is 0.476 e. The molecule has 2 aliphatic heterocycles.